The normalized spacial score (nSPS) is 14.6. The highest BCUT2D eigenvalue weighted by Crippen LogP contribution is 2.28. The number of amides is 1. The van der Waals surface area contributed by atoms with Gasteiger partial charge in [0.2, 0.25) is 0 Å². The smallest absolute Gasteiger partial charge is 0.257 e. The van der Waals surface area contributed by atoms with E-state index in [2.05, 4.69) is 29.4 Å². The molecular formula is C20H22N4O2. The topological polar surface area (TPSA) is 59.4 Å². The average Bonchev–Trinajstić information content (AvgIpc) is 3.05. The monoisotopic (exact) mass is 350 g/mol. The van der Waals surface area contributed by atoms with Gasteiger partial charge in [0.15, 0.2) is 0 Å². The average molecular weight is 350 g/mol. The zero-order chi connectivity index (χ0) is 18.1. The van der Waals surface area contributed by atoms with Crippen LogP contribution in [0.3, 0.4) is 0 Å². The van der Waals surface area contributed by atoms with Gasteiger partial charge in [-0.15, -0.1) is 0 Å². The van der Waals surface area contributed by atoms with Crippen molar-refractivity contribution in [2.45, 2.75) is 6.92 Å². The molecule has 0 atom stereocenters. The first-order valence-corrected chi connectivity index (χ1v) is 8.78. The minimum absolute atomic E-state index is 0.00899. The quantitative estimate of drug-likeness (QED) is 0.789. The Bertz CT molecular complexity index is 958. The van der Waals surface area contributed by atoms with E-state index in [-0.39, 0.29) is 5.91 Å². The second-order valence-electron chi connectivity index (χ2n) is 6.61. The Kier molecular flexibility index (Phi) is 4.34. The van der Waals surface area contributed by atoms with Crippen LogP contribution in [-0.4, -0.2) is 46.7 Å². The molecule has 1 saturated heterocycles. The van der Waals surface area contributed by atoms with E-state index in [1.165, 1.54) is 5.56 Å². The number of nitrogens with zero attached hydrogens (tertiary/aromatic N) is 3. The molecule has 1 aliphatic rings. The minimum atomic E-state index is 0.00899. The van der Waals surface area contributed by atoms with E-state index < -0.39 is 0 Å². The number of nitrogens with one attached hydrogen (secondary N) is 1. The van der Waals surface area contributed by atoms with Crippen LogP contribution in [0.15, 0.2) is 42.7 Å². The molecule has 1 N–H and O–H groups in total. The number of aromatic nitrogens is 2. The summed E-state index contributed by atoms with van der Waals surface area (Å²) in [5.41, 5.74) is 3.68. The molecule has 0 bridgehead atoms. The molecule has 0 radical (unpaired) electrons. The van der Waals surface area contributed by atoms with Crippen LogP contribution in [0.5, 0.6) is 0 Å². The van der Waals surface area contributed by atoms with Crippen LogP contribution in [0.2, 0.25) is 0 Å². The van der Waals surface area contributed by atoms with Gasteiger partial charge in [-0.1, -0.05) is 12.1 Å². The molecule has 0 aliphatic carbocycles. The number of ether oxygens (including phenoxy) is 1. The molecule has 1 amide bonds. The van der Waals surface area contributed by atoms with Crippen molar-refractivity contribution in [3.8, 4) is 0 Å². The number of morpholine rings is 1. The number of hydrogen-bond donors (Lipinski definition) is 1. The molecule has 3 aromatic rings. The zero-order valence-electron chi connectivity index (χ0n) is 15.0. The molecule has 26 heavy (non-hydrogen) atoms. The maximum atomic E-state index is 13.0. The Morgan fingerprint density at radius 3 is 2.81 bits per heavy atom. The number of pyridine rings is 1. The van der Waals surface area contributed by atoms with Crippen molar-refractivity contribution in [1.29, 1.82) is 0 Å². The summed E-state index contributed by atoms with van der Waals surface area (Å²) < 4.78 is 7.33. The van der Waals surface area contributed by atoms with Crippen molar-refractivity contribution in [2.75, 3.05) is 31.6 Å². The second kappa shape index (κ2) is 6.80. The van der Waals surface area contributed by atoms with E-state index in [0.717, 1.165) is 22.4 Å². The van der Waals surface area contributed by atoms with Crippen molar-refractivity contribution in [2.24, 2.45) is 7.05 Å². The summed E-state index contributed by atoms with van der Waals surface area (Å²) in [6.07, 6.45) is 3.64. The molecule has 1 aromatic carbocycles. The van der Waals surface area contributed by atoms with Gasteiger partial charge in [-0.2, -0.15) is 0 Å². The van der Waals surface area contributed by atoms with E-state index in [0.29, 0.717) is 31.9 Å². The van der Waals surface area contributed by atoms with Crippen LogP contribution in [0.4, 0.5) is 11.5 Å². The highest BCUT2D eigenvalue weighted by Gasteiger charge is 2.23. The predicted molar refractivity (Wildman–Crippen MR) is 102 cm³/mol. The number of rotatable bonds is 3. The third-order valence-electron chi connectivity index (χ3n) is 4.72. The van der Waals surface area contributed by atoms with Crippen molar-refractivity contribution >= 4 is 28.3 Å². The van der Waals surface area contributed by atoms with Gasteiger partial charge in [0, 0.05) is 43.6 Å². The summed E-state index contributed by atoms with van der Waals surface area (Å²) in [4.78, 5) is 19.4. The van der Waals surface area contributed by atoms with Crippen molar-refractivity contribution in [1.82, 2.24) is 14.5 Å². The molecule has 4 rings (SSSR count). The van der Waals surface area contributed by atoms with E-state index in [9.17, 15) is 4.79 Å². The first kappa shape index (κ1) is 16.6. The lowest BCUT2D eigenvalue weighted by Gasteiger charge is -2.27. The van der Waals surface area contributed by atoms with Gasteiger partial charge >= 0.3 is 0 Å². The summed E-state index contributed by atoms with van der Waals surface area (Å²) in [7, 11) is 1.95. The first-order chi connectivity index (χ1) is 12.6. The van der Waals surface area contributed by atoms with E-state index in [4.69, 9.17) is 4.74 Å². The van der Waals surface area contributed by atoms with Gasteiger partial charge in [0.05, 0.1) is 24.3 Å². The fourth-order valence-corrected chi connectivity index (χ4v) is 3.37. The Labute approximate surface area is 152 Å². The Morgan fingerprint density at radius 2 is 2.04 bits per heavy atom. The largest absolute Gasteiger partial charge is 0.378 e. The Morgan fingerprint density at radius 1 is 1.23 bits per heavy atom. The van der Waals surface area contributed by atoms with Gasteiger partial charge in [-0.05, 0) is 30.7 Å². The second-order valence-corrected chi connectivity index (χ2v) is 6.61. The Balaban J connectivity index is 1.73. The fourth-order valence-electron chi connectivity index (χ4n) is 3.37. The number of carbonyl (C=O) groups is 1. The number of carbonyl (C=O) groups excluding carboxylic acids is 1. The van der Waals surface area contributed by atoms with Gasteiger partial charge in [-0.3, -0.25) is 4.79 Å². The summed E-state index contributed by atoms with van der Waals surface area (Å²) >= 11 is 0. The number of benzene rings is 1. The highest BCUT2D eigenvalue weighted by molar-refractivity contribution is 6.08. The molecule has 6 heteroatoms. The van der Waals surface area contributed by atoms with E-state index in [1.807, 2.05) is 40.9 Å². The van der Waals surface area contributed by atoms with Gasteiger partial charge in [-0.25, -0.2) is 4.98 Å². The lowest BCUT2D eigenvalue weighted by atomic mass is 10.1. The molecule has 0 unspecified atom stereocenters. The standard InChI is InChI=1S/C20H22N4O2/c1-14-4-3-5-15(12-14)22-19-16-6-7-23(2)18(16)17(13-21-19)20(25)24-8-10-26-11-9-24/h3-7,12-13H,8-11H2,1-2H3,(H,21,22). The predicted octanol–water partition coefficient (Wildman–Crippen LogP) is 3.10. The van der Waals surface area contributed by atoms with Crippen LogP contribution < -0.4 is 5.32 Å². The zero-order valence-corrected chi connectivity index (χ0v) is 15.0. The number of fused-ring (bicyclic) bond motifs is 1. The van der Waals surface area contributed by atoms with E-state index >= 15 is 0 Å². The molecule has 2 aromatic heterocycles. The van der Waals surface area contributed by atoms with Gasteiger partial charge < -0.3 is 19.5 Å². The molecule has 134 valence electrons. The third kappa shape index (κ3) is 3.04. The van der Waals surface area contributed by atoms with Gasteiger partial charge in [0.25, 0.3) is 5.91 Å². The maximum absolute atomic E-state index is 13.0. The summed E-state index contributed by atoms with van der Waals surface area (Å²) in [6.45, 7) is 4.47. The highest BCUT2D eigenvalue weighted by atomic mass is 16.5. The van der Waals surface area contributed by atoms with Crippen molar-refractivity contribution in [3.05, 3.63) is 53.9 Å². The molecular weight excluding hydrogens is 328 g/mol. The maximum Gasteiger partial charge on any atom is 0.257 e. The SMILES string of the molecule is Cc1cccc(Nc2ncc(C(=O)N3CCOCC3)c3c2ccn3C)c1. The minimum Gasteiger partial charge on any atom is -0.378 e. The molecule has 0 saturated carbocycles. The fraction of sp³-hybridized carbons (Fsp3) is 0.300. The van der Waals surface area contributed by atoms with Crippen LogP contribution in [0.25, 0.3) is 10.9 Å². The molecule has 0 spiro atoms. The number of anilines is 2. The number of hydrogen-bond acceptors (Lipinski definition) is 4. The van der Waals surface area contributed by atoms with Crippen LogP contribution in [0, 0.1) is 6.92 Å². The lowest BCUT2D eigenvalue weighted by molar-refractivity contribution is 0.0303. The third-order valence-corrected chi connectivity index (χ3v) is 4.72. The number of aryl methyl sites for hydroxylation is 2. The van der Waals surface area contributed by atoms with Crippen molar-refractivity contribution < 1.29 is 9.53 Å². The summed E-state index contributed by atoms with van der Waals surface area (Å²) in [6, 6.07) is 10.1. The lowest BCUT2D eigenvalue weighted by Crippen LogP contribution is -2.40. The molecule has 1 fully saturated rings. The van der Waals surface area contributed by atoms with Crippen LogP contribution >= 0.6 is 0 Å². The molecule has 1 aliphatic heterocycles. The van der Waals surface area contributed by atoms with E-state index in [1.54, 1.807) is 6.20 Å². The summed E-state index contributed by atoms with van der Waals surface area (Å²) in [5, 5.41) is 4.32. The van der Waals surface area contributed by atoms with Gasteiger partial charge in [0.1, 0.15) is 5.82 Å². The molecule has 3 heterocycles. The Hall–Kier alpha value is -2.86. The first-order valence-electron chi connectivity index (χ1n) is 8.78. The van der Waals surface area contributed by atoms with Crippen LogP contribution in [-0.2, 0) is 11.8 Å². The van der Waals surface area contributed by atoms with Crippen molar-refractivity contribution in [3.63, 3.8) is 0 Å². The van der Waals surface area contributed by atoms with Crippen LogP contribution in [0.1, 0.15) is 15.9 Å². The molecule has 6 nitrogen and oxygen atoms in total. The summed E-state index contributed by atoms with van der Waals surface area (Å²) in [5.74, 6) is 0.763.